The van der Waals surface area contributed by atoms with Crippen molar-refractivity contribution >= 4 is 12.4 Å². The summed E-state index contributed by atoms with van der Waals surface area (Å²) in [5, 5.41) is 23.5. The van der Waals surface area contributed by atoms with E-state index in [-0.39, 0.29) is 24.2 Å². The molecular weight excluding hydrogens is 238 g/mol. The summed E-state index contributed by atoms with van der Waals surface area (Å²) in [5.41, 5.74) is -0.355. The maximum atomic E-state index is 10.4. The first-order valence-corrected chi connectivity index (χ1v) is 6.76. The van der Waals surface area contributed by atoms with Gasteiger partial charge in [0.1, 0.15) is 6.23 Å². The first-order valence-electron chi connectivity index (χ1n) is 6.76. The zero-order chi connectivity index (χ0) is 11.3. The number of hydrogen-bond donors (Lipinski definition) is 3. The molecule has 0 aliphatic heterocycles. The normalized spacial score (nSPS) is 48.9. The van der Waals surface area contributed by atoms with Crippen LogP contribution in [-0.4, -0.2) is 28.1 Å². The summed E-state index contributed by atoms with van der Waals surface area (Å²) in [5.74, 6) is 1.94. The fraction of sp³-hybridized carbons (Fsp3) is 1.00. The quantitative estimate of drug-likeness (QED) is 0.678. The molecule has 3 unspecified atom stereocenters. The second-order valence-electron chi connectivity index (χ2n) is 6.31. The lowest BCUT2D eigenvalue weighted by Gasteiger charge is -2.58. The first-order chi connectivity index (χ1) is 7.59. The van der Waals surface area contributed by atoms with E-state index in [1.165, 1.54) is 12.8 Å². The van der Waals surface area contributed by atoms with Crippen molar-refractivity contribution in [1.29, 1.82) is 0 Å². The highest BCUT2D eigenvalue weighted by Gasteiger charge is 2.54. The summed E-state index contributed by atoms with van der Waals surface area (Å²) in [6, 6.07) is 0.451. The molecule has 4 aliphatic carbocycles. The molecule has 3 N–H and O–H groups in total. The predicted octanol–water partition coefficient (Wildman–Crippen LogP) is 1.67. The molecule has 4 fully saturated rings. The molecule has 0 spiro atoms. The molecule has 100 valence electrons. The fourth-order valence-corrected chi connectivity index (χ4v) is 4.59. The lowest BCUT2D eigenvalue weighted by molar-refractivity contribution is -0.144. The van der Waals surface area contributed by atoms with Crippen LogP contribution in [-0.2, 0) is 0 Å². The van der Waals surface area contributed by atoms with E-state index in [0.717, 1.165) is 31.6 Å². The smallest absolute Gasteiger partial charge is 0.104 e. The van der Waals surface area contributed by atoms with E-state index in [4.69, 9.17) is 0 Å². The minimum Gasteiger partial charge on any atom is -0.390 e. The molecule has 0 radical (unpaired) electrons. The molecule has 3 atom stereocenters. The third-order valence-corrected chi connectivity index (χ3v) is 5.01. The zero-order valence-electron chi connectivity index (χ0n) is 10.4. The highest BCUT2D eigenvalue weighted by atomic mass is 35.5. The second kappa shape index (κ2) is 4.69. The van der Waals surface area contributed by atoms with Crippen LogP contribution < -0.4 is 5.32 Å². The van der Waals surface area contributed by atoms with Crippen molar-refractivity contribution in [2.45, 2.75) is 63.3 Å². The summed E-state index contributed by atoms with van der Waals surface area (Å²) in [6.45, 7) is 2.00. The van der Waals surface area contributed by atoms with E-state index in [0.29, 0.717) is 17.9 Å². The van der Waals surface area contributed by atoms with Crippen molar-refractivity contribution in [2.75, 3.05) is 0 Å². The molecule has 3 nitrogen and oxygen atoms in total. The van der Waals surface area contributed by atoms with Gasteiger partial charge in [0.2, 0.25) is 0 Å². The predicted molar refractivity (Wildman–Crippen MR) is 69.0 cm³/mol. The highest BCUT2D eigenvalue weighted by molar-refractivity contribution is 5.85. The molecule has 4 aliphatic rings. The van der Waals surface area contributed by atoms with Crippen LogP contribution in [0.2, 0.25) is 0 Å². The van der Waals surface area contributed by atoms with Crippen LogP contribution in [0.3, 0.4) is 0 Å². The van der Waals surface area contributed by atoms with Crippen LogP contribution in [0.4, 0.5) is 0 Å². The Labute approximate surface area is 109 Å². The van der Waals surface area contributed by atoms with Gasteiger partial charge < -0.3 is 10.2 Å². The van der Waals surface area contributed by atoms with Gasteiger partial charge in [0.25, 0.3) is 0 Å². The Balaban J connectivity index is 0.00000108. The van der Waals surface area contributed by atoms with Gasteiger partial charge >= 0.3 is 0 Å². The largest absolute Gasteiger partial charge is 0.390 e. The third-order valence-electron chi connectivity index (χ3n) is 5.01. The van der Waals surface area contributed by atoms with Crippen molar-refractivity contribution in [2.24, 2.45) is 17.8 Å². The average Bonchev–Trinajstić information content (AvgIpc) is 2.20. The van der Waals surface area contributed by atoms with E-state index < -0.39 is 0 Å². The molecule has 0 saturated heterocycles. The number of nitrogens with one attached hydrogen (secondary N) is 1. The van der Waals surface area contributed by atoms with E-state index in [1.807, 2.05) is 6.92 Å². The van der Waals surface area contributed by atoms with Crippen LogP contribution in [0, 0.1) is 17.8 Å². The minimum atomic E-state index is -0.364. The second-order valence-corrected chi connectivity index (χ2v) is 6.31. The number of halogens is 1. The van der Waals surface area contributed by atoms with Crippen LogP contribution in [0.1, 0.15) is 45.4 Å². The van der Waals surface area contributed by atoms with E-state index in [9.17, 15) is 10.2 Å². The summed E-state index contributed by atoms with van der Waals surface area (Å²) < 4.78 is 0. The Kier molecular flexibility index (Phi) is 3.75. The van der Waals surface area contributed by atoms with Crippen LogP contribution in [0.15, 0.2) is 0 Å². The molecular formula is C13H24ClNO2. The summed E-state index contributed by atoms with van der Waals surface area (Å²) >= 11 is 0. The van der Waals surface area contributed by atoms with Gasteiger partial charge in [-0.25, -0.2) is 0 Å². The molecule has 0 aromatic carbocycles. The molecule has 4 saturated carbocycles. The molecule has 17 heavy (non-hydrogen) atoms. The monoisotopic (exact) mass is 261 g/mol. The summed E-state index contributed by atoms with van der Waals surface area (Å²) in [6.07, 6.45) is 5.85. The molecule has 0 amide bonds. The Morgan fingerprint density at radius 3 is 2.29 bits per heavy atom. The number of hydrogen-bond acceptors (Lipinski definition) is 3. The molecule has 0 aromatic rings. The van der Waals surface area contributed by atoms with Gasteiger partial charge in [0.05, 0.1) is 5.60 Å². The van der Waals surface area contributed by atoms with Crippen molar-refractivity contribution < 1.29 is 10.2 Å². The van der Waals surface area contributed by atoms with Crippen molar-refractivity contribution in [3.8, 4) is 0 Å². The summed E-state index contributed by atoms with van der Waals surface area (Å²) in [7, 11) is 0. The minimum absolute atomic E-state index is 0. The van der Waals surface area contributed by atoms with Gasteiger partial charge in [-0.1, -0.05) is 6.92 Å². The van der Waals surface area contributed by atoms with Gasteiger partial charge in [-0.3, -0.25) is 5.32 Å². The first kappa shape index (κ1) is 13.6. The Morgan fingerprint density at radius 2 is 1.82 bits per heavy atom. The van der Waals surface area contributed by atoms with Crippen LogP contribution >= 0.6 is 12.4 Å². The Morgan fingerprint density at radius 1 is 1.24 bits per heavy atom. The highest BCUT2D eigenvalue weighted by Crippen LogP contribution is 2.55. The van der Waals surface area contributed by atoms with Gasteiger partial charge in [-0.05, 0) is 56.3 Å². The topological polar surface area (TPSA) is 52.5 Å². The molecule has 0 heterocycles. The Hall–Kier alpha value is 0.170. The third kappa shape index (κ3) is 2.35. The average molecular weight is 262 g/mol. The SMILES string of the molecule is CCC(O)NC1C2CC3CC1CC(O)(C3)C2.Cl. The fourth-order valence-electron chi connectivity index (χ4n) is 4.59. The zero-order valence-corrected chi connectivity index (χ0v) is 11.2. The maximum Gasteiger partial charge on any atom is 0.104 e. The van der Waals surface area contributed by atoms with Crippen molar-refractivity contribution in [1.82, 2.24) is 5.32 Å². The molecule has 4 rings (SSSR count). The number of rotatable bonds is 3. The molecule has 0 aromatic heterocycles. The molecule has 4 heteroatoms. The molecule has 4 bridgehead atoms. The van der Waals surface area contributed by atoms with Gasteiger partial charge in [-0.2, -0.15) is 0 Å². The van der Waals surface area contributed by atoms with Gasteiger partial charge in [-0.15, -0.1) is 12.4 Å². The van der Waals surface area contributed by atoms with Crippen LogP contribution in [0.25, 0.3) is 0 Å². The summed E-state index contributed by atoms with van der Waals surface area (Å²) in [4.78, 5) is 0. The van der Waals surface area contributed by atoms with Gasteiger partial charge in [0, 0.05) is 6.04 Å². The Bertz CT molecular complexity index is 271. The van der Waals surface area contributed by atoms with E-state index in [1.54, 1.807) is 0 Å². The van der Waals surface area contributed by atoms with Crippen molar-refractivity contribution in [3.05, 3.63) is 0 Å². The lowest BCUT2D eigenvalue weighted by atomic mass is 9.52. The maximum absolute atomic E-state index is 10.4. The van der Waals surface area contributed by atoms with Crippen molar-refractivity contribution in [3.63, 3.8) is 0 Å². The van der Waals surface area contributed by atoms with E-state index >= 15 is 0 Å². The standard InChI is InChI=1S/C13H23NO2.ClH/c1-2-11(15)14-12-9-3-8-4-10(12)7-13(16,5-8)6-9;/h8-12,14-16H,2-7H2,1H3;1H. The van der Waals surface area contributed by atoms with Gasteiger partial charge in [0.15, 0.2) is 0 Å². The van der Waals surface area contributed by atoms with Crippen LogP contribution in [0.5, 0.6) is 0 Å². The lowest BCUT2D eigenvalue weighted by Crippen LogP contribution is -2.62. The van der Waals surface area contributed by atoms with E-state index in [2.05, 4.69) is 5.32 Å². The number of aliphatic hydroxyl groups is 2. The number of aliphatic hydroxyl groups excluding tert-OH is 1.